The molecule has 4 rings (SSSR count). The highest BCUT2D eigenvalue weighted by Crippen LogP contribution is 2.37. The Hall–Kier alpha value is -2.25. The van der Waals surface area contributed by atoms with E-state index in [1.54, 1.807) is 23.1 Å². The number of aliphatic hydroxyl groups is 4. The second-order valence-electron chi connectivity index (χ2n) is 8.34. The monoisotopic (exact) mass is 466 g/mol. The molecule has 0 radical (unpaired) electrons. The molecule has 0 bridgehead atoms. The molecule has 2 aliphatic heterocycles. The minimum atomic E-state index is -3.62. The lowest BCUT2D eigenvalue weighted by Crippen LogP contribution is -2.56. The maximum absolute atomic E-state index is 14.6. The molecular formula is C22H28F2N4O5. The number of halogens is 2. The van der Waals surface area contributed by atoms with Gasteiger partial charge in [-0.3, -0.25) is 20.5 Å². The molecule has 2 aliphatic rings. The van der Waals surface area contributed by atoms with E-state index in [-0.39, 0.29) is 12.6 Å². The van der Waals surface area contributed by atoms with E-state index < -0.39 is 36.5 Å². The van der Waals surface area contributed by atoms with Crippen LogP contribution in [0.1, 0.15) is 41.5 Å². The van der Waals surface area contributed by atoms with Crippen molar-refractivity contribution in [2.75, 3.05) is 7.11 Å². The number of piperidine rings is 1. The molecule has 9 nitrogen and oxygen atoms in total. The molecule has 0 spiro atoms. The third-order valence-electron chi connectivity index (χ3n) is 6.20. The summed E-state index contributed by atoms with van der Waals surface area (Å²) in [6.07, 6.45) is -2.73. The van der Waals surface area contributed by atoms with E-state index in [2.05, 4.69) is 15.6 Å². The van der Waals surface area contributed by atoms with Crippen LogP contribution in [0.15, 0.2) is 36.5 Å². The van der Waals surface area contributed by atoms with Crippen LogP contribution in [0.3, 0.4) is 0 Å². The number of alkyl halides is 2. The average Bonchev–Trinajstić information content (AvgIpc) is 3.12. The van der Waals surface area contributed by atoms with E-state index in [0.29, 0.717) is 36.3 Å². The fraction of sp³-hybridized carbons (Fsp3) is 0.500. The van der Waals surface area contributed by atoms with Crippen molar-refractivity contribution < 1.29 is 33.9 Å². The van der Waals surface area contributed by atoms with Gasteiger partial charge in [0.05, 0.1) is 19.3 Å². The lowest BCUT2D eigenvalue weighted by Gasteiger charge is -2.39. The molecule has 2 aromatic rings. The van der Waals surface area contributed by atoms with Crippen LogP contribution in [-0.4, -0.2) is 62.1 Å². The summed E-state index contributed by atoms with van der Waals surface area (Å²) in [5.74, 6) is -3.29. The van der Waals surface area contributed by atoms with Gasteiger partial charge in [-0.2, -0.15) is 8.78 Å². The van der Waals surface area contributed by atoms with Crippen LogP contribution in [0.25, 0.3) is 0 Å². The standard InChI is InChI=1S/C22H28F2N4O5/c1-33-14-3-6-17(25-10-14)22(23,24)21(32)26-9-12-2-4-15-13(8-12)11-28(20(15)31)16-5-7-18(29)27-19(16)30/h2-4,6,8,10,16,18-21,26-27,29-32H,5,7,9,11H2,1H3/t16?,18-,19+,20-,21+/m0/s1. The summed E-state index contributed by atoms with van der Waals surface area (Å²) in [5.41, 5.74) is 1.54. The molecule has 1 saturated heterocycles. The van der Waals surface area contributed by atoms with Crippen molar-refractivity contribution in [3.63, 3.8) is 0 Å². The maximum atomic E-state index is 14.6. The summed E-state index contributed by atoms with van der Waals surface area (Å²) in [6, 6.07) is 7.25. The fourth-order valence-electron chi connectivity index (χ4n) is 4.32. The van der Waals surface area contributed by atoms with Crippen LogP contribution in [0.5, 0.6) is 5.75 Å². The largest absolute Gasteiger partial charge is 0.495 e. The van der Waals surface area contributed by atoms with Crippen LogP contribution < -0.4 is 15.4 Å². The molecule has 1 aromatic heterocycles. The first-order valence-electron chi connectivity index (χ1n) is 10.7. The zero-order chi connectivity index (χ0) is 23.8. The van der Waals surface area contributed by atoms with Gasteiger partial charge >= 0.3 is 5.92 Å². The van der Waals surface area contributed by atoms with Crippen LogP contribution in [0.2, 0.25) is 0 Å². The second-order valence-corrected chi connectivity index (χ2v) is 8.34. The van der Waals surface area contributed by atoms with Crippen molar-refractivity contribution in [3.8, 4) is 5.75 Å². The molecule has 0 saturated carbocycles. The first kappa shape index (κ1) is 23.9. The molecule has 1 fully saturated rings. The number of ether oxygens (including phenoxy) is 1. The Morgan fingerprint density at radius 1 is 1.24 bits per heavy atom. The molecule has 0 aliphatic carbocycles. The van der Waals surface area contributed by atoms with E-state index >= 15 is 0 Å². The molecule has 5 atom stereocenters. The Morgan fingerprint density at radius 3 is 2.70 bits per heavy atom. The number of hydrogen-bond donors (Lipinski definition) is 6. The zero-order valence-electron chi connectivity index (χ0n) is 18.0. The predicted octanol–water partition coefficient (Wildman–Crippen LogP) is 0.485. The lowest BCUT2D eigenvalue weighted by molar-refractivity contribution is -0.132. The minimum absolute atomic E-state index is 0.0317. The molecule has 33 heavy (non-hydrogen) atoms. The third kappa shape index (κ3) is 4.85. The number of rotatable bonds is 7. The van der Waals surface area contributed by atoms with Crippen LogP contribution >= 0.6 is 0 Å². The number of aromatic nitrogens is 1. The molecule has 3 heterocycles. The third-order valence-corrected chi connectivity index (χ3v) is 6.20. The van der Waals surface area contributed by atoms with Gasteiger partial charge in [-0.1, -0.05) is 18.2 Å². The number of nitrogens with one attached hydrogen (secondary N) is 2. The summed E-state index contributed by atoms with van der Waals surface area (Å²) < 4.78 is 34.1. The first-order chi connectivity index (χ1) is 15.7. The smallest absolute Gasteiger partial charge is 0.328 e. The lowest BCUT2D eigenvalue weighted by atomic mass is 10.0. The van der Waals surface area contributed by atoms with Crippen LogP contribution in [0, 0.1) is 0 Å². The van der Waals surface area contributed by atoms with E-state index in [4.69, 9.17) is 4.74 Å². The van der Waals surface area contributed by atoms with Crippen molar-refractivity contribution >= 4 is 0 Å². The SMILES string of the molecule is COc1ccc(C(F)(F)[C@@H](O)NCc2ccc3c(c2)CN(C2CC[C@H](O)N[C@@H]2O)[C@H]3O)nc1. The minimum Gasteiger partial charge on any atom is -0.495 e. The molecule has 1 aromatic carbocycles. The van der Waals surface area contributed by atoms with E-state index in [9.17, 15) is 29.2 Å². The normalized spacial score (nSPS) is 26.8. The average molecular weight is 466 g/mol. The molecule has 1 unspecified atom stereocenters. The fourth-order valence-corrected chi connectivity index (χ4v) is 4.32. The van der Waals surface area contributed by atoms with Gasteiger partial charge in [-0.25, -0.2) is 0 Å². The van der Waals surface area contributed by atoms with Crippen molar-refractivity contribution in [1.82, 2.24) is 20.5 Å². The van der Waals surface area contributed by atoms with Gasteiger partial charge in [0.2, 0.25) is 0 Å². The highest BCUT2D eigenvalue weighted by Gasteiger charge is 2.42. The van der Waals surface area contributed by atoms with E-state index in [1.165, 1.54) is 13.2 Å². The highest BCUT2D eigenvalue weighted by molar-refractivity contribution is 5.37. The summed E-state index contributed by atoms with van der Waals surface area (Å²) in [5, 5.41) is 45.8. The number of aliphatic hydroxyl groups excluding tert-OH is 4. The Labute approximate surface area is 189 Å². The molecule has 180 valence electrons. The quantitative estimate of drug-likeness (QED) is 0.323. The number of methoxy groups -OCH3 is 1. The zero-order valence-corrected chi connectivity index (χ0v) is 18.0. The van der Waals surface area contributed by atoms with Crippen molar-refractivity contribution in [3.05, 3.63) is 58.9 Å². The number of hydrogen-bond acceptors (Lipinski definition) is 9. The van der Waals surface area contributed by atoms with Gasteiger partial charge in [-0.15, -0.1) is 0 Å². The Balaban J connectivity index is 1.40. The van der Waals surface area contributed by atoms with Crippen molar-refractivity contribution in [2.45, 2.75) is 62.8 Å². The van der Waals surface area contributed by atoms with Gasteiger partial charge in [0.1, 0.15) is 30.1 Å². The number of pyridine rings is 1. The summed E-state index contributed by atoms with van der Waals surface area (Å²) >= 11 is 0. The molecule has 11 heteroatoms. The second kappa shape index (κ2) is 9.55. The van der Waals surface area contributed by atoms with Crippen LogP contribution in [0.4, 0.5) is 8.78 Å². The van der Waals surface area contributed by atoms with Gasteiger partial charge in [0, 0.05) is 13.1 Å². The number of benzene rings is 1. The number of fused-ring (bicyclic) bond motifs is 1. The predicted molar refractivity (Wildman–Crippen MR) is 113 cm³/mol. The van der Waals surface area contributed by atoms with Crippen molar-refractivity contribution in [1.29, 1.82) is 0 Å². The molecule has 0 amide bonds. The van der Waals surface area contributed by atoms with Gasteiger partial charge in [-0.05, 0) is 41.7 Å². The Bertz CT molecular complexity index is 964. The maximum Gasteiger partial charge on any atom is 0.328 e. The Kier molecular flexibility index (Phi) is 6.91. The van der Waals surface area contributed by atoms with Crippen molar-refractivity contribution in [2.24, 2.45) is 0 Å². The topological polar surface area (TPSA) is 130 Å². The highest BCUT2D eigenvalue weighted by atomic mass is 19.3. The first-order valence-corrected chi connectivity index (χ1v) is 10.7. The van der Waals surface area contributed by atoms with Crippen LogP contribution in [-0.2, 0) is 19.0 Å². The molecule has 6 N–H and O–H groups in total. The summed E-state index contributed by atoms with van der Waals surface area (Å²) in [7, 11) is 1.40. The van der Waals surface area contributed by atoms with E-state index in [0.717, 1.165) is 17.8 Å². The van der Waals surface area contributed by atoms with Gasteiger partial charge < -0.3 is 25.2 Å². The van der Waals surface area contributed by atoms with E-state index in [1.807, 2.05) is 0 Å². The summed E-state index contributed by atoms with van der Waals surface area (Å²) in [6.45, 7) is 0.328. The molecular weight excluding hydrogens is 438 g/mol. The summed E-state index contributed by atoms with van der Waals surface area (Å²) in [4.78, 5) is 5.41. The number of nitrogens with zero attached hydrogens (tertiary/aromatic N) is 2. The van der Waals surface area contributed by atoms with Gasteiger partial charge in [0.15, 0.2) is 6.23 Å². The Morgan fingerprint density at radius 2 is 2.03 bits per heavy atom. The van der Waals surface area contributed by atoms with Gasteiger partial charge in [0.25, 0.3) is 0 Å².